The molecule has 0 aliphatic carbocycles. The lowest BCUT2D eigenvalue weighted by Gasteiger charge is -2.26. The molecule has 22 heavy (non-hydrogen) atoms. The van der Waals surface area contributed by atoms with Crippen molar-refractivity contribution in [3.63, 3.8) is 0 Å². The third-order valence-electron chi connectivity index (χ3n) is 3.66. The van der Waals surface area contributed by atoms with Crippen molar-refractivity contribution in [3.05, 3.63) is 35.9 Å². The van der Waals surface area contributed by atoms with Gasteiger partial charge in [-0.3, -0.25) is 0 Å². The van der Waals surface area contributed by atoms with E-state index in [2.05, 4.69) is 22.8 Å². The lowest BCUT2D eigenvalue weighted by atomic mass is 9.87. The number of aliphatic hydroxyl groups is 1. The Hall–Kier alpha value is -1.55. The molecule has 124 valence electrons. The maximum atomic E-state index is 11.9. The number of carbonyl (C=O) groups is 1. The summed E-state index contributed by atoms with van der Waals surface area (Å²) in [6, 6.07) is 10.3. The van der Waals surface area contributed by atoms with Gasteiger partial charge in [0.25, 0.3) is 0 Å². The first-order valence-corrected chi connectivity index (χ1v) is 8.05. The minimum absolute atomic E-state index is 0.112. The molecule has 0 aliphatic heterocycles. The highest BCUT2D eigenvalue weighted by molar-refractivity contribution is 5.74. The molecule has 0 fully saturated rings. The Bertz CT molecular complexity index is 444. The minimum Gasteiger partial charge on any atom is -0.393 e. The molecule has 1 aromatic rings. The van der Waals surface area contributed by atoms with Gasteiger partial charge in [-0.15, -0.1) is 0 Å². The van der Waals surface area contributed by atoms with Gasteiger partial charge in [0.05, 0.1) is 6.10 Å². The van der Waals surface area contributed by atoms with Crippen LogP contribution in [-0.2, 0) is 6.42 Å². The molecular formula is C18H30N2O2. The highest BCUT2D eigenvalue weighted by Gasteiger charge is 2.21. The van der Waals surface area contributed by atoms with Crippen LogP contribution >= 0.6 is 0 Å². The number of rotatable bonds is 8. The second kappa shape index (κ2) is 8.79. The van der Waals surface area contributed by atoms with Crippen molar-refractivity contribution in [2.75, 3.05) is 6.54 Å². The highest BCUT2D eigenvalue weighted by Crippen LogP contribution is 2.20. The lowest BCUT2D eigenvalue weighted by molar-refractivity contribution is 0.128. The first kappa shape index (κ1) is 18.5. The number of hydrogen-bond acceptors (Lipinski definition) is 2. The zero-order valence-corrected chi connectivity index (χ0v) is 14.2. The fraction of sp³-hybridized carbons (Fsp3) is 0.611. The maximum absolute atomic E-state index is 11.9. The van der Waals surface area contributed by atoms with E-state index in [1.54, 1.807) is 6.92 Å². The average molecular weight is 306 g/mol. The summed E-state index contributed by atoms with van der Waals surface area (Å²) in [6.07, 6.45) is 2.17. The zero-order valence-electron chi connectivity index (χ0n) is 14.2. The Balaban J connectivity index is 2.26. The van der Waals surface area contributed by atoms with E-state index in [-0.39, 0.29) is 23.6 Å². The lowest BCUT2D eigenvalue weighted by Crippen LogP contribution is -2.44. The number of aryl methyl sites for hydroxylation is 1. The van der Waals surface area contributed by atoms with Gasteiger partial charge in [0.2, 0.25) is 0 Å². The molecule has 3 N–H and O–H groups in total. The maximum Gasteiger partial charge on any atom is 0.315 e. The van der Waals surface area contributed by atoms with Crippen molar-refractivity contribution in [2.24, 2.45) is 5.41 Å². The molecule has 4 heteroatoms. The van der Waals surface area contributed by atoms with E-state index in [9.17, 15) is 9.90 Å². The van der Waals surface area contributed by atoms with Crippen molar-refractivity contribution in [2.45, 2.75) is 59.1 Å². The summed E-state index contributed by atoms with van der Waals surface area (Å²) in [5, 5.41) is 15.3. The molecule has 0 aliphatic rings. The standard InChI is InChI=1S/C18H30N2O2/c1-14(10-11-16-8-6-5-7-9-16)20-17(22)19-13-18(3,4)12-15(2)21/h5-9,14-15,21H,10-13H2,1-4H3,(H2,19,20,22). The molecular weight excluding hydrogens is 276 g/mol. The number of amides is 2. The van der Waals surface area contributed by atoms with Gasteiger partial charge < -0.3 is 15.7 Å². The summed E-state index contributed by atoms with van der Waals surface area (Å²) in [5.41, 5.74) is 1.17. The van der Waals surface area contributed by atoms with Gasteiger partial charge in [0.15, 0.2) is 0 Å². The second-order valence-corrected chi connectivity index (χ2v) is 6.97. The molecule has 2 atom stereocenters. The summed E-state index contributed by atoms with van der Waals surface area (Å²) in [7, 11) is 0. The number of hydrogen-bond donors (Lipinski definition) is 3. The summed E-state index contributed by atoms with van der Waals surface area (Å²) in [4.78, 5) is 11.9. The fourth-order valence-corrected chi connectivity index (χ4v) is 2.57. The van der Waals surface area contributed by atoms with Crippen LogP contribution in [0.4, 0.5) is 4.79 Å². The van der Waals surface area contributed by atoms with Crippen LogP contribution in [0.1, 0.15) is 46.1 Å². The molecule has 1 rings (SSSR count). The zero-order chi connectivity index (χ0) is 16.6. The van der Waals surface area contributed by atoms with Gasteiger partial charge in [-0.2, -0.15) is 0 Å². The first-order valence-electron chi connectivity index (χ1n) is 8.05. The summed E-state index contributed by atoms with van der Waals surface area (Å²) < 4.78 is 0. The number of carbonyl (C=O) groups excluding carboxylic acids is 1. The third kappa shape index (κ3) is 8.03. The molecule has 1 aromatic carbocycles. The van der Waals surface area contributed by atoms with Crippen molar-refractivity contribution >= 4 is 6.03 Å². The van der Waals surface area contributed by atoms with Gasteiger partial charge >= 0.3 is 6.03 Å². The van der Waals surface area contributed by atoms with Crippen LogP contribution in [0.5, 0.6) is 0 Å². The van der Waals surface area contributed by atoms with Crippen LogP contribution in [0.15, 0.2) is 30.3 Å². The molecule has 0 saturated carbocycles. The van der Waals surface area contributed by atoms with Crippen molar-refractivity contribution in [1.82, 2.24) is 10.6 Å². The Kier molecular flexibility index (Phi) is 7.39. The van der Waals surface area contributed by atoms with Crippen LogP contribution in [0, 0.1) is 5.41 Å². The second-order valence-electron chi connectivity index (χ2n) is 6.97. The van der Waals surface area contributed by atoms with Gasteiger partial charge in [-0.25, -0.2) is 4.79 Å². The van der Waals surface area contributed by atoms with E-state index in [1.807, 2.05) is 39.0 Å². The van der Waals surface area contributed by atoms with Crippen molar-refractivity contribution < 1.29 is 9.90 Å². The van der Waals surface area contributed by atoms with Crippen LogP contribution in [0.3, 0.4) is 0 Å². The Morgan fingerprint density at radius 3 is 2.45 bits per heavy atom. The van der Waals surface area contributed by atoms with Crippen LogP contribution in [0.2, 0.25) is 0 Å². The molecule has 0 bridgehead atoms. The minimum atomic E-state index is -0.357. The molecule has 2 amide bonds. The van der Waals surface area contributed by atoms with Crippen molar-refractivity contribution in [3.8, 4) is 0 Å². The van der Waals surface area contributed by atoms with E-state index in [1.165, 1.54) is 5.56 Å². The van der Waals surface area contributed by atoms with E-state index in [0.717, 1.165) is 12.8 Å². The smallest absolute Gasteiger partial charge is 0.315 e. The van der Waals surface area contributed by atoms with Gasteiger partial charge in [0, 0.05) is 12.6 Å². The topological polar surface area (TPSA) is 61.4 Å². The normalized spacial score (nSPS) is 14.2. The number of aliphatic hydroxyl groups excluding tert-OH is 1. The molecule has 0 radical (unpaired) electrons. The van der Waals surface area contributed by atoms with Gasteiger partial charge in [-0.05, 0) is 44.1 Å². The van der Waals surface area contributed by atoms with Crippen molar-refractivity contribution in [1.29, 1.82) is 0 Å². The number of urea groups is 1. The molecule has 2 unspecified atom stereocenters. The highest BCUT2D eigenvalue weighted by atomic mass is 16.3. The predicted molar refractivity (Wildman–Crippen MR) is 90.8 cm³/mol. The molecule has 4 nitrogen and oxygen atoms in total. The van der Waals surface area contributed by atoms with Gasteiger partial charge in [0.1, 0.15) is 0 Å². The van der Waals surface area contributed by atoms with E-state index in [0.29, 0.717) is 13.0 Å². The Labute approximate surface area is 134 Å². The SMILES string of the molecule is CC(O)CC(C)(C)CNC(=O)NC(C)CCc1ccccc1. The fourth-order valence-electron chi connectivity index (χ4n) is 2.57. The van der Waals surface area contributed by atoms with Crippen LogP contribution in [0.25, 0.3) is 0 Å². The summed E-state index contributed by atoms with van der Waals surface area (Å²) >= 11 is 0. The first-order chi connectivity index (χ1) is 10.3. The molecule has 0 saturated heterocycles. The average Bonchev–Trinajstić information content (AvgIpc) is 2.43. The molecule has 0 spiro atoms. The molecule has 0 aromatic heterocycles. The van der Waals surface area contributed by atoms with Gasteiger partial charge in [-0.1, -0.05) is 44.2 Å². The van der Waals surface area contributed by atoms with Crippen LogP contribution < -0.4 is 10.6 Å². The number of nitrogens with one attached hydrogen (secondary N) is 2. The largest absolute Gasteiger partial charge is 0.393 e. The Morgan fingerprint density at radius 1 is 1.23 bits per heavy atom. The van der Waals surface area contributed by atoms with E-state index in [4.69, 9.17) is 0 Å². The van der Waals surface area contributed by atoms with E-state index < -0.39 is 0 Å². The quantitative estimate of drug-likeness (QED) is 0.691. The van der Waals surface area contributed by atoms with Crippen LogP contribution in [-0.4, -0.2) is 29.8 Å². The Morgan fingerprint density at radius 2 is 1.86 bits per heavy atom. The predicted octanol–water partition coefficient (Wildman–Crippen LogP) is 3.10. The third-order valence-corrected chi connectivity index (χ3v) is 3.66. The summed E-state index contributed by atoms with van der Waals surface area (Å²) in [5.74, 6) is 0. The molecule has 0 heterocycles. The monoisotopic (exact) mass is 306 g/mol. The summed E-state index contributed by atoms with van der Waals surface area (Å²) in [6.45, 7) is 8.42. The number of benzene rings is 1. The van der Waals surface area contributed by atoms with E-state index >= 15 is 0 Å².